The molecule has 0 N–H and O–H groups in total. The maximum Gasteiger partial charge on any atom is 0.247 e. The number of aromatic nitrogens is 5. The monoisotopic (exact) mass is 308 g/mol. The van der Waals surface area contributed by atoms with Crippen LogP contribution in [0.2, 0.25) is 0 Å². The van der Waals surface area contributed by atoms with Crippen LogP contribution in [0.25, 0.3) is 11.5 Å². The summed E-state index contributed by atoms with van der Waals surface area (Å²) in [4.78, 5) is 4.46. The summed E-state index contributed by atoms with van der Waals surface area (Å²) in [6.45, 7) is 4.46. The molecular weight excluding hydrogens is 292 g/mol. The smallest absolute Gasteiger partial charge is 0.247 e. The Labute approximate surface area is 133 Å². The van der Waals surface area contributed by atoms with Crippen LogP contribution in [0.5, 0.6) is 0 Å². The molecule has 0 bridgehead atoms. The molecule has 0 aliphatic heterocycles. The number of benzene rings is 1. The van der Waals surface area contributed by atoms with E-state index in [2.05, 4.69) is 26.3 Å². The minimum atomic E-state index is 0.402. The van der Waals surface area contributed by atoms with Gasteiger partial charge in [0.15, 0.2) is 5.82 Å². The predicted molar refractivity (Wildman–Crippen MR) is 82.3 cm³/mol. The van der Waals surface area contributed by atoms with Crippen molar-refractivity contribution in [1.29, 1.82) is 5.26 Å². The normalized spacial score (nSPS) is 10.7. The summed E-state index contributed by atoms with van der Waals surface area (Å²) in [7, 11) is 0. The Morgan fingerprint density at radius 1 is 1.13 bits per heavy atom. The van der Waals surface area contributed by atoms with Crippen molar-refractivity contribution in [2.75, 3.05) is 0 Å². The number of aryl methyl sites for hydroxylation is 2. The predicted octanol–water partition coefficient (Wildman–Crippen LogP) is 2.37. The second-order valence-corrected chi connectivity index (χ2v) is 5.00. The summed E-state index contributed by atoms with van der Waals surface area (Å²) in [5, 5.41) is 21.4. The van der Waals surface area contributed by atoms with Crippen molar-refractivity contribution >= 4 is 0 Å². The van der Waals surface area contributed by atoms with E-state index in [0.29, 0.717) is 23.9 Å². The quantitative estimate of drug-likeness (QED) is 0.718. The first-order chi connectivity index (χ1) is 11.2. The second-order valence-electron chi connectivity index (χ2n) is 5.00. The van der Waals surface area contributed by atoms with Crippen LogP contribution in [0, 0.1) is 11.3 Å². The molecule has 3 rings (SSSR count). The molecule has 3 aromatic rings. The maximum atomic E-state index is 8.82. The lowest BCUT2D eigenvalue weighted by molar-refractivity contribution is 0.466. The highest BCUT2D eigenvalue weighted by Crippen LogP contribution is 2.18. The van der Waals surface area contributed by atoms with E-state index in [1.54, 1.807) is 28.9 Å². The first-order valence-electron chi connectivity index (χ1n) is 7.49. The van der Waals surface area contributed by atoms with Gasteiger partial charge in [-0.05, 0) is 24.3 Å². The maximum absolute atomic E-state index is 8.82. The van der Waals surface area contributed by atoms with Crippen LogP contribution in [0.3, 0.4) is 0 Å². The second kappa shape index (κ2) is 6.40. The zero-order valence-corrected chi connectivity index (χ0v) is 13.0. The van der Waals surface area contributed by atoms with Gasteiger partial charge in [-0.1, -0.05) is 13.8 Å². The average Bonchev–Trinajstić information content (AvgIpc) is 3.22. The molecule has 0 radical (unpaired) electrons. The SMILES string of the molecule is CCc1nc(CC)n(Cc2nnc(-c3ccc(C#N)cc3)o2)n1. The Kier molecular flexibility index (Phi) is 4.15. The number of hydrogen-bond donors (Lipinski definition) is 0. The Hall–Kier alpha value is -3.01. The third-order valence-electron chi connectivity index (χ3n) is 3.44. The Morgan fingerprint density at radius 2 is 1.91 bits per heavy atom. The van der Waals surface area contributed by atoms with Gasteiger partial charge in [-0.3, -0.25) is 0 Å². The Balaban J connectivity index is 1.82. The van der Waals surface area contributed by atoms with Gasteiger partial charge in [0.25, 0.3) is 0 Å². The van der Waals surface area contributed by atoms with E-state index in [1.807, 2.05) is 13.8 Å². The van der Waals surface area contributed by atoms with Gasteiger partial charge < -0.3 is 4.42 Å². The van der Waals surface area contributed by atoms with Gasteiger partial charge in [0.1, 0.15) is 12.4 Å². The first kappa shape index (κ1) is 14.9. The number of hydrogen-bond acceptors (Lipinski definition) is 6. The van der Waals surface area contributed by atoms with E-state index in [1.165, 1.54) is 0 Å². The zero-order chi connectivity index (χ0) is 16.2. The molecule has 116 valence electrons. The lowest BCUT2D eigenvalue weighted by Crippen LogP contribution is -2.06. The van der Waals surface area contributed by atoms with Gasteiger partial charge in [-0.15, -0.1) is 10.2 Å². The van der Waals surface area contributed by atoms with E-state index in [9.17, 15) is 0 Å². The highest BCUT2D eigenvalue weighted by Gasteiger charge is 2.13. The fourth-order valence-corrected chi connectivity index (χ4v) is 2.21. The van der Waals surface area contributed by atoms with Gasteiger partial charge in [0, 0.05) is 18.4 Å². The van der Waals surface area contributed by atoms with Crippen LogP contribution in [0.15, 0.2) is 28.7 Å². The fraction of sp³-hybridized carbons (Fsp3) is 0.312. The molecule has 0 saturated heterocycles. The molecule has 0 atom stereocenters. The van der Waals surface area contributed by atoms with Crippen molar-refractivity contribution in [1.82, 2.24) is 25.0 Å². The lowest BCUT2D eigenvalue weighted by atomic mass is 10.1. The average molecular weight is 308 g/mol. The van der Waals surface area contributed by atoms with Gasteiger partial charge in [0.2, 0.25) is 11.8 Å². The van der Waals surface area contributed by atoms with Crippen molar-refractivity contribution < 1.29 is 4.42 Å². The molecule has 0 aliphatic carbocycles. The molecule has 1 aromatic carbocycles. The van der Waals surface area contributed by atoms with E-state index >= 15 is 0 Å². The molecule has 0 unspecified atom stereocenters. The van der Waals surface area contributed by atoms with Crippen LogP contribution in [-0.4, -0.2) is 25.0 Å². The number of nitrogens with zero attached hydrogens (tertiary/aromatic N) is 6. The van der Waals surface area contributed by atoms with Crippen molar-refractivity contribution in [3.05, 3.63) is 47.4 Å². The molecule has 0 aliphatic rings. The van der Waals surface area contributed by atoms with E-state index in [0.717, 1.165) is 30.1 Å². The molecule has 2 heterocycles. The Morgan fingerprint density at radius 3 is 2.57 bits per heavy atom. The lowest BCUT2D eigenvalue weighted by Gasteiger charge is -1.99. The molecule has 7 heteroatoms. The molecule has 0 amide bonds. The van der Waals surface area contributed by atoms with Crippen LogP contribution in [0.4, 0.5) is 0 Å². The first-order valence-corrected chi connectivity index (χ1v) is 7.49. The van der Waals surface area contributed by atoms with Gasteiger partial charge in [-0.2, -0.15) is 10.4 Å². The Bertz CT molecular complexity index is 840. The topological polar surface area (TPSA) is 93.4 Å². The molecule has 0 fully saturated rings. The minimum absolute atomic E-state index is 0.402. The van der Waals surface area contributed by atoms with Crippen molar-refractivity contribution in [3.8, 4) is 17.5 Å². The summed E-state index contributed by atoms with van der Waals surface area (Å²) in [6.07, 6.45) is 1.59. The van der Waals surface area contributed by atoms with Crippen molar-refractivity contribution in [2.24, 2.45) is 0 Å². The third kappa shape index (κ3) is 3.11. The molecule has 2 aromatic heterocycles. The standard InChI is InChI=1S/C16H16N6O/c1-3-13-18-14(4-2)22(21-13)10-15-19-20-16(23-15)12-7-5-11(9-17)6-8-12/h5-8H,3-4,10H2,1-2H3. The molecule has 23 heavy (non-hydrogen) atoms. The largest absolute Gasteiger partial charge is 0.419 e. The summed E-state index contributed by atoms with van der Waals surface area (Å²) in [5.74, 6) is 2.62. The minimum Gasteiger partial charge on any atom is -0.419 e. The highest BCUT2D eigenvalue weighted by atomic mass is 16.4. The summed E-state index contributed by atoms with van der Waals surface area (Å²) < 4.78 is 7.50. The van der Waals surface area contributed by atoms with Crippen LogP contribution >= 0.6 is 0 Å². The molecule has 0 saturated carbocycles. The third-order valence-corrected chi connectivity index (χ3v) is 3.44. The van der Waals surface area contributed by atoms with Crippen molar-refractivity contribution in [3.63, 3.8) is 0 Å². The van der Waals surface area contributed by atoms with Gasteiger partial charge in [0.05, 0.1) is 11.6 Å². The van der Waals surface area contributed by atoms with E-state index in [-0.39, 0.29) is 0 Å². The summed E-state index contributed by atoms with van der Waals surface area (Å²) >= 11 is 0. The van der Waals surface area contributed by atoms with Crippen LogP contribution in [-0.2, 0) is 19.4 Å². The summed E-state index contributed by atoms with van der Waals surface area (Å²) in [5.41, 5.74) is 1.38. The van der Waals surface area contributed by atoms with Gasteiger partial charge >= 0.3 is 0 Å². The number of nitriles is 1. The van der Waals surface area contributed by atoms with Crippen molar-refractivity contribution in [2.45, 2.75) is 33.2 Å². The van der Waals surface area contributed by atoms with E-state index < -0.39 is 0 Å². The number of rotatable bonds is 5. The fourth-order valence-electron chi connectivity index (χ4n) is 2.21. The van der Waals surface area contributed by atoms with Gasteiger partial charge in [-0.25, -0.2) is 9.67 Å². The highest BCUT2D eigenvalue weighted by molar-refractivity contribution is 5.54. The zero-order valence-electron chi connectivity index (χ0n) is 13.0. The summed E-state index contributed by atoms with van der Waals surface area (Å²) in [6, 6.07) is 9.10. The molecule has 7 nitrogen and oxygen atoms in total. The molecular formula is C16H16N6O. The van der Waals surface area contributed by atoms with E-state index in [4.69, 9.17) is 9.68 Å². The van der Waals surface area contributed by atoms with Crippen LogP contribution in [0.1, 0.15) is 37.0 Å². The van der Waals surface area contributed by atoms with Crippen LogP contribution < -0.4 is 0 Å². The molecule has 0 spiro atoms.